The summed E-state index contributed by atoms with van der Waals surface area (Å²) in [6.07, 6.45) is 1.07. The third kappa shape index (κ3) is 4.87. The molecular formula is C18H22BrNO. The highest BCUT2D eigenvalue weighted by Crippen LogP contribution is 2.20. The lowest BCUT2D eigenvalue weighted by atomic mass is 10.0. The molecule has 2 aromatic carbocycles. The molecule has 112 valence electrons. The minimum Gasteiger partial charge on any atom is -0.494 e. The second-order valence-corrected chi connectivity index (χ2v) is 5.89. The van der Waals surface area contributed by atoms with Crippen LogP contribution in [0.1, 0.15) is 37.4 Å². The summed E-state index contributed by atoms with van der Waals surface area (Å²) in [6, 6.07) is 17.2. The number of benzene rings is 2. The van der Waals surface area contributed by atoms with Crippen molar-refractivity contribution in [3.8, 4) is 5.75 Å². The Bertz CT molecular complexity index is 536. The Morgan fingerprint density at radius 3 is 2.24 bits per heavy atom. The van der Waals surface area contributed by atoms with Gasteiger partial charge in [-0.1, -0.05) is 47.1 Å². The first-order valence-electron chi connectivity index (χ1n) is 7.43. The molecule has 0 aliphatic carbocycles. The lowest BCUT2D eigenvalue weighted by molar-refractivity contribution is 0.340. The van der Waals surface area contributed by atoms with Crippen molar-refractivity contribution in [1.82, 2.24) is 5.32 Å². The second kappa shape index (κ2) is 8.20. The molecule has 1 atom stereocenters. The Labute approximate surface area is 135 Å². The number of hydrogen-bond donors (Lipinski definition) is 1. The molecule has 0 radical (unpaired) electrons. The van der Waals surface area contributed by atoms with Crippen LogP contribution in [0.3, 0.4) is 0 Å². The fourth-order valence-electron chi connectivity index (χ4n) is 2.30. The standard InChI is InChI=1S/C18H22BrNO/c1-3-18(15-7-9-16(19)10-8-15)20-13-14-5-11-17(12-6-14)21-4-2/h5-12,18,20H,3-4,13H2,1-2H3. The van der Waals surface area contributed by atoms with Gasteiger partial charge in [-0.15, -0.1) is 0 Å². The zero-order valence-electron chi connectivity index (χ0n) is 12.6. The van der Waals surface area contributed by atoms with Gasteiger partial charge < -0.3 is 10.1 Å². The summed E-state index contributed by atoms with van der Waals surface area (Å²) in [6.45, 7) is 5.78. The topological polar surface area (TPSA) is 21.3 Å². The summed E-state index contributed by atoms with van der Waals surface area (Å²) in [5.41, 5.74) is 2.60. The molecule has 1 N–H and O–H groups in total. The minimum atomic E-state index is 0.379. The Morgan fingerprint density at radius 2 is 1.67 bits per heavy atom. The number of nitrogens with one attached hydrogen (secondary N) is 1. The van der Waals surface area contributed by atoms with E-state index in [0.29, 0.717) is 12.6 Å². The van der Waals surface area contributed by atoms with E-state index in [2.05, 4.69) is 64.6 Å². The molecule has 21 heavy (non-hydrogen) atoms. The first kappa shape index (κ1) is 16.1. The van der Waals surface area contributed by atoms with E-state index in [1.165, 1.54) is 11.1 Å². The average Bonchev–Trinajstić information content (AvgIpc) is 2.51. The van der Waals surface area contributed by atoms with Crippen LogP contribution in [0, 0.1) is 0 Å². The molecule has 0 saturated carbocycles. The van der Waals surface area contributed by atoms with Gasteiger partial charge in [0.25, 0.3) is 0 Å². The average molecular weight is 348 g/mol. The SMILES string of the molecule is CCOc1ccc(CNC(CC)c2ccc(Br)cc2)cc1. The Kier molecular flexibility index (Phi) is 6.27. The van der Waals surface area contributed by atoms with Crippen molar-refractivity contribution < 1.29 is 4.74 Å². The lowest BCUT2D eigenvalue weighted by Crippen LogP contribution is -2.20. The maximum atomic E-state index is 5.46. The number of halogens is 1. The van der Waals surface area contributed by atoms with Gasteiger partial charge in [-0.05, 0) is 48.7 Å². The summed E-state index contributed by atoms with van der Waals surface area (Å²) in [4.78, 5) is 0. The zero-order chi connectivity index (χ0) is 15.1. The highest BCUT2D eigenvalue weighted by molar-refractivity contribution is 9.10. The Morgan fingerprint density at radius 1 is 1.00 bits per heavy atom. The van der Waals surface area contributed by atoms with Crippen LogP contribution in [0.4, 0.5) is 0 Å². The van der Waals surface area contributed by atoms with Crippen LogP contribution in [0.5, 0.6) is 5.75 Å². The predicted molar refractivity (Wildman–Crippen MR) is 91.6 cm³/mol. The monoisotopic (exact) mass is 347 g/mol. The van der Waals surface area contributed by atoms with Crippen LogP contribution in [-0.2, 0) is 6.54 Å². The minimum absolute atomic E-state index is 0.379. The van der Waals surface area contributed by atoms with Crippen molar-refractivity contribution in [2.24, 2.45) is 0 Å². The zero-order valence-corrected chi connectivity index (χ0v) is 14.2. The van der Waals surface area contributed by atoms with Crippen molar-refractivity contribution in [2.75, 3.05) is 6.61 Å². The number of ether oxygens (including phenoxy) is 1. The summed E-state index contributed by atoms with van der Waals surface area (Å²) >= 11 is 3.48. The maximum Gasteiger partial charge on any atom is 0.119 e. The van der Waals surface area contributed by atoms with E-state index in [1.54, 1.807) is 0 Å². The highest BCUT2D eigenvalue weighted by Gasteiger charge is 2.08. The largest absolute Gasteiger partial charge is 0.494 e. The van der Waals surface area contributed by atoms with Crippen molar-refractivity contribution >= 4 is 15.9 Å². The van der Waals surface area contributed by atoms with Crippen molar-refractivity contribution in [3.05, 3.63) is 64.1 Å². The molecule has 0 aliphatic rings. The third-order valence-corrected chi connectivity index (χ3v) is 4.00. The summed E-state index contributed by atoms with van der Waals surface area (Å²) < 4.78 is 6.58. The molecule has 2 nitrogen and oxygen atoms in total. The Balaban J connectivity index is 1.94. The van der Waals surface area contributed by atoms with Crippen LogP contribution in [0.25, 0.3) is 0 Å². The number of rotatable bonds is 7. The molecule has 0 spiro atoms. The van der Waals surface area contributed by atoms with Gasteiger partial charge in [0.15, 0.2) is 0 Å². The van der Waals surface area contributed by atoms with E-state index in [0.717, 1.165) is 23.2 Å². The molecule has 3 heteroatoms. The summed E-state index contributed by atoms with van der Waals surface area (Å²) in [7, 11) is 0. The predicted octanol–water partition coefficient (Wildman–Crippen LogP) is 5.09. The van der Waals surface area contributed by atoms with E-state index in [9.17, 15) is 0 Å². The van der Waals surface area contributed by atoms with E-state index < -0.39 is 0 Å². The van der Waals surface area contributed by atoms with Gasteiger partial charge >= 0.3 is 0 Å². The fraction of sp³-hybridized carbons (Fsp3) is 0.333. The van der Waals surface area contributed by atoms with Crippen LogP contribution >= 0.6 is 15.9 Å². The van der Waals surface area contributed by atoms with Gasteiger partial charge in [-0.3, -0.25) is 0 Å². The summed E-state index contributed by atoms with van der Waals surface area (Å²) in [5.74, 6) is 0.932. The van der Waals surface area contributed by atoms with E-state index in [-0.39, 0.29) is 0 Å². The molecular weight excluding hydrogens is 326 g/mol. The molecule has 0 aliphatic heterocycles. The van der Waals surface area contributed by atoms with Crippen LogP contribution < -0.4 is 10.1 Å². The molecule has 0 aromatic heterocycles. The number of hydrogen-bond acceptors (Lipinski definition) is 2. The molecule has 0 amide bonds. The van der Waals surface area contributed by atoms with Crippen LogP contribution in [0.15, 0.2) is 53.0 Å². The van der Waals surface area contributed by atoms with E-state index >= 15 is 0 Å². The molecule has 0 bridgehead atoms. The molecule has 0 saturated heterocycles. The first-order chi connectivity index (χ1) is 10.2. The van der Waals surface area contributed by atoms with Crippen LogP contribution in [-0.4, -0.2) is 6.61 Å². The lowest BCUT2D eigenvalue weighted by Gasteiger charge is -2.18. The molecule has 0 fully saturated rings. The van der Waals surface area contributed by atoms with Crippen LogP contribution in [0.2, 0.25) is 0 Å². The second-order valence-electron chi connectivity index (χ2n) is 4.97. The molecule has 2 rings (SSSR count). The fourth-order valence-corrected chi connectivity index (χ4v) is 2.57. The van der Waals surface area contributed by atoms with Gasteiger partial charge in [0.05, 0.1) is 6.61 Å². The van der Waals surface area contributed by atoms with E-state index in [1.807, 2.05) is 19.1 Å². The maximum absolute atomic E-state index is 5.46. The van der Waals surface area contributed by atoms with Gasteiger partial charge in [0.2, 0.25) is 0 Å². The first-order valence-corrected chi connectivity index (χ1v) is 8.22. The van der Waals surface area contributed by atoms with Gasteiger partial charge in [-0.25, -0.2) is 0 Å². The van der Waals surface area contributed by atoms with Crippen molar-refractivity contribution in [3.63, 3.8) is 0 Å². The Hall–Kier alpha value is -1.32. The third-order valence-electron chi connectivity index (χ3n) is 3.47. The van der Waals surface area contributed by atoms with Crippen molar-refractivity contribution in [1.29, 1.82) is 0 Å². The molecule has 2 aromatic rings. The van der Waals surface area contributed by atoms with Crippen molar-refractivity contribution in [2.45, 2.75) is 32.9 Å². The van der Waals surface area contributed by atoms with Gasteiger partial charge in [0.1, 0.15) is 5.75 Å². The van der Waals surface area contributed by atoms with E-state index in [4.69, 9.17) is 4.74 Å². The highest BCUT2D eigenvalue weighted by atomic mass is 79.9. The van der Waals surface area contributed by atoms with Gasteiger partial charge in [0, 0.05) is 17.1 Å². The molecule has 0 heterocycles. The quantitative estimate of drug-likeness (QED) is 0.753. The summed E-state index contributed by atoms with van der Waals surface area (Å²) in [5, 5.41) is 3.62. The normalized spacial score (nSPS) is 12.1. The van der Waals surface area contributed by atoms with Gasteiger partial charge in [-0.2, -0.15) is 0 Å². The molecule has 1 unspecified atom stereocenters. The smallest absolute Gasteiger partial charge is 0.119 e.